The van der Waals surface area contributed by atoms with Crippen molar-refractivity contribution >= 4 is 39.3 Å². The van der Waals surface area contributed by atoms with Crippen molar-refractivity contribution in [3.8, 4) is 11.5 Å². The maximum atomic E-state index is 12.2. The highest BCUT2D eigenvalue weighted by Crippen LogP contribution is 2.26. The van der Waals surface area contributed by atoms with Gasteiger partial charge in [0.25, 0.3) is 5.22 Å². The number of amides is 1. The average Bonchev–Trinajstić information content (AvgIpc) is 3.06. The van der Waals surface area contributed by atoms with Gasteiger partial charge < -0.3 is 9.73 Å². The number of hydrogen-bond donors (Lipinski definition) is 1. The van der Waals surface area contributed by atoms with Crippen molar-refractivity contribution in [3.05, 3.63) is 53.3 Å². The Labute approximate surface area is 151 Å². The molecule has 0 unspecified atom stereocenters. The van der Waals surface area contributed by atoms with Gasteiger partial charge in [0, 0.05) is 22.6 Å². The molecule has 2 aromatic heterocycles. The van der Waals surface area contributed by atoms with E-state index in [9.17, 15) is 4.79 Å². The molecule has 0 fully saturated rings. The zero-order chi connectivity index (χ0) is 16.9. The average molecular weight is 405 g/mol. The Morgan fingerprint density at radius 2 is 2.04 bits per heavy atom. The maximum Gasteiger partial charge on any atom is 0.277 e. The summed E-state index contributed by atoms with van der Waals surface area (Å²) in [5, 5.41) is 10.8. The molecule has 8 heteroatoms. The first-order valence-corrected chi connectivity index (χ1v) is 8.76. The topological polar surface area (TPSA) is 80.9 Å². The third kappa shape index (κ3) is 4.21. The monoisotopic (exact) mass is 404 g/mol. The van der Waals surface area contributed by atoms with Crippen LogP contribution in [0.5, 0.6) is 0 Å². The minimum atomic E-state index is -0.379. The molecule has 1 aromatic carbocycles. The highest BCUT2D eigenvalue weighted by molar-refractivity contribution is 9.10. The van der Waals surface area contributed by atoms with Crippen LogP contribution < -0.4 is 5.32 Å². The third-order valence-corrected chi connectivity index (χ3v) is 4.54. The van der Waals surface area contributed by atoms with Crippen LogP contribution >= 0.6 is 27.7 Å². The molecule has 3 aromatic rings. The van der Waals surface area contributed by atoms with Gasteiger partial charge in [0.05, 0.1) is 10.8 Å². The first-order valence-electron chi connectivity index (χ1n) is 7.09. The van der Waals surface area contributed by atoms with Crippen LogP contribution in [0.25, 0.3) is 11.5 Å². The van der Waals surface area contributed by atoms with Crippen LogP contribution in [0, 0.1) is 0 Å². The van der Waals surface area contributed by atoms with E-state index in [4.69, 9.17) is 4.42 Å². The number of nitrogens with zero attached hydrogens (tertiary/aromatic N) is 3. The van der Waals surface area contributed by atoms with Crippen LogP contribution in [0.1, 0.15) is 6.92 Å². The summed E-state index contributed by atoms with van der Waals surface area (Å²) in [5.41, 5.74) is 1.47. The van der Waals surface area contributed by atoms with Crippen molar-refractivity contribution in [2.75, 3.05) is 5.32 Å². The molecule has 1 N–H and O–H groups in total. The summed E-state index contributed by atoms with van der Waals surface area (Å²) in [7, 11) is 0. The number of rotatable bonds is 5. The van der Waals surface area contributed by atoms with Crippen LogP contribution in [0.3, 0.4) is 0 Å². The lowest BCUT2D eigenvalue weighted by molar-refractivity contribution is -0.115. The first kappa shape index (κ1) is 16.7. The van der Waals surface area contributed by atoms with Crippen molar-refractivity contribution < 1.29 is 9.21 Å². The Kier molecular flexibility index (Phi) is 5.27. The highest BCUT2D eigenvalue weighted by atomic mass is 79.9. The van der Waals surface area contributed by atoms with Gasteiger partial charge >= 0.3 is 0 Å². The SMILES string of the molecule is C[C@@H](Sc1nnc(-c2cccnc2)o1)C(=O)Nc1ccc(Br)cc1. The molecule has 0 bridgehead atoms. The van der Waals surface area contributed by atoms with E-state index in [1.165, 1.54) is 11.8 Å². The summed E-state index contributed by atoms with van der Waals surface area (Å²) in [5.74, 6) is 0.245. The molecule has 0 saturated heterocycles. The quantitative estimate of drug-likeness (QED) is 0.646. The smallest absolute Gasteiger partial charge is 0.277 e. The van der Waals surface area contributed by atoms with Gasteiger partial charge in [-0.25, -0.2) is 0 Å². The van der Waals surface area contributed by atoms with Crippen LogP contribution in [0.2, 0.25) is 0 Å². The molecule has 0 spiro atoms. The number of carbonyl (C=O) groups excluding carboxylic acids is 1. The zero-order valence-electron chi connectivity index (χ0n) is 12.6. The Hall–Kier alpha value is -2.19. The second-order valence-corrected chi connectivity index (χ2v) is 7.08. The van der Waals surface area contributed by atoms with E-state index in [2.05, 4.69) is 36.4 Å². The number of nitrogens with one attached hydrogen (secondary N) is 1. The van der Waals surface area contributed by atoms with E-state index in [0.717, 1.165) is 15.7 Å². The summed E-state index contributed by atoms with van der Waals surface area (Å²) in [6.45, 7) is 1.78. The number of benzene rings is 1. The molecule has 2 heterocycles. The maximum absolute atomic E-state index is 12.2. The van der Waals surface area contributed by atoms with Crippen LogP contribution in [0.15, 0.2) is 62.9 Å². The third-order valence-electron chi connectivity index (χ3n) is 3.07. The summed E-state index contributed by atoms with van der Waals surface area (Å²) in [6.07, 6.45) is 3.32. The fraction of sp³-hybridized carbons (Fsp3) is 0.125. The molecule has 0 aliphatic heterocycles. The van der Waals surface area contributed by atoms with E-state index in [1.807, 2.05) is 30.3 Å². The van der Waals surface area contributed by atoms with Gasteiger partial charge in [-0.3, -0.25) is 9.78 Å². The van der Waals surface area contributed by atoms with Crippen molar-refractivity contribution in [2.45, 2.75) is 17.4 Å². The molecule has 3 rings (SSSR count). The van der Waals surface area contributed by atoms with Crippen molar-refractivity contribution in [1.82, 2.24) is 15.2 Å². The minimum Gasteiger partial charge on any atom is -0.411 e. The molecular weight excluding hydrogens is 392 g/mol. The van der Waals surface area contributed by atoms with Crippen molar-refractivity contribution in [2.24, 2.45) is 0 Å². The Balaban J connectivity index is 1.62. The second-order valence-electron chi connectivity index (χ2n) is 4.87. The number of hydrogen-bond acceptors (Lipinski definition) is 6. The van der Waals surface area contributed by atoms with E-state index in [-0.39, 0.29) is 11.2 Å². The minimum absolute atomic E-state index is 0.136. The van der Waals surface area contributed by atoms with Gasteiger partial charge in [-0.05, 0) is 43.3 Å². The number of pyridine rings is 1. The van der Waals surface area contributed by atoms with E-state index < -0.39 is 0 Å². The van der Waals surface area contributed by atoms with Gasteiger partial charge in [0.15, 0.2) is 0 Å². The van der Waals surface area contributed by atoms with E-state index >= 15 is 0 Å². The molecular formula is C16H13BrN4O2S. The van der Waals surface area contributed by atoms with Crippen molar-refractivity contribution in [1.29, 1.82) is 0 Å². The van der Waals surface area contributed by atoms with Crippen molar-refractivity contribution in [3.63, 3.8) is 0 Å². The van der Waals surface area contributed by atoms with Gasteiger partial charge in [0.1, 0.15) is 0 Å². The Morgan fingerprint density at radius 1 is 1.25 bits per heavy atom. The number of aromatic nitrogens is 3. The fourth-order valence-corrected chi connectivity index (χ4v) is 2.79. The largest absolute Gasteiger partial charge is 0.411 e. The molecule has 24 heavy (non-hydrogen) atoms. The lowest BCUT2D eigenvalue weighted by Crippen LogP contribution is -2.22. The predicted molar refractivity (Wildman–Crippen MR) is 95.6 cm³/mol. The molecule has 0 aliphatic carbocycles. The van der Waals surface area contributed by atoms with Gasteiger partial charge in [-0.15, -0.1) is 10.2 Å². The molecule has 1 amide bonds. The molecule has 122 valence electrons. The highest BCUT2D eigenvalue weighted by Gasteiger charge is 2.19. The Morgan fingerprint density at radius 3 is 2.75 bits per heavy atom. The lowest BCUT2D eigenvalue weighted by Gasteiger charge is -2.09. The summed E-state index contributed by atoms with van der Waals surface area (Å²) in [6, 6.07) is 11.0. The van der Waals surface area contributed by atoms with Gasteiger partial charge in [-0.1, -0.05) is 27.7 Å². The first-order chi connectivity index (χ1) is 11.6. The zero-order valence-corrected chi connectivity index (χ0v) is 15.0. The van der Waals surface area contributed by atoms with Gasteiger partial charge in [-0.2, -0.15) is 0 Å². The fourth-order valence-electron chi connectivity index (χ4n) is 1.85. The number of carbonyl (C=O) groups is 1. The van der Waals surface area contributed by atoms with Crippen LogP contribution in [0.4, 0.5) is 5.69 Å². The number of anilines is 1. The number of thioether (sulfide) groups is 1. The predicted octanol–water partition coefficient (Wildman–Crippen LogP) is 4.01. The standard InChI is InChI=1S/C16H13BrN4O2S/c1-10(14(22)19-13-6-4-12(17)5-7-13)24-16-21-20-15(23-16)11-3-2-8-18-9-11/h2-10H,1H3,(H,19,22)/t10-/m1/s1. The molecule has 0 aliphatic rings. The molecule has 1 atom stereocenters. The summed E-state index contributed by atoms with van der Waals surface area (Å²) in [4.78, 5) is 16.2. The van der Waals surface area contributed by atoms with Crippen LogP contribution in [-0.4, -0.2) is 26.3 Å². The Bertz CT molecular complexity index is 824. The summed E-state index contributed by atoms with van der Waals surface area (Å²) >= 11 is 4.57. The van der Waals surface area contributed by atoms with E-state index in [0.29, 0.717) is 11.1 Å². The van der Waals surface area contributed by atoms with Gasteiger partial charge in [0.2, 0.25) is 11.8 Å². The molecule has 0 saturated carbocycles. The molecule has 0 radical (unpaired) electrons. The van der Waals surface area contributed by atoms with Crippen LogP contribution in [-0.2, 0) is 4.79 Å². The molecule has 6 nitrogen and oxygen atoms in total. The second kappa shape index (κ2) is 7.59. The lowest BCUT2D eigenvalue weighted by atomic mass is 10.3. The summed E-state index contributed by atoms with van der Waals surface area (Å²) < 4.78 is 6.53. The van der Waals surface area contributed by atoms with E-state index in [1.54, 1.807) is 25.4 Å². The number of halogens is 1. The normalized spacial score (nSPS) is 11.9.